The van der Waals surface area contributed by atoms with E-state index in [0.717, 1.165) is 68.9 Å². The van der Waals surface area contributed by atoms with Crippen molar-refractivity contribution in [2.75, 3.05) is 30.7 Å². The van der Waals surface area contributed by atoms with Gasteiger partial charge < -0.3 is 21.5 Å². The Hall–Kier alpha value is -1.42. The highest BCUT2D eigenvalue weighted by Crippen LogP contribution is 2.24. The van der Waals surface area contributed by atoms with Crippen LogP contribution >= 0.6 is 0 Å². The van der Waals surface area contributed by atoms with Gasteiger partial charge in [-0.05, 0) is 37.9 Å². The minimum absolute atomic E-state index is 0.743. The van der Waals surface area contributed by atoms with Gasteiger partial charge in [0, 0.05) is 12.6 Å². The number of anilines is 2. The highest BCUT2D eigenvalue weighted by molar-refractivity contribution is 5.68. The van der Waals surface area contributed by atoms with Crippen LogP contribution in [0.15, 0.2) is 18.2 Å². The van der Waals surface area contributed by atoms with Crippen molar-refractivity contribution in [2.45, 2.75) is 39.0 Å². The second kappa shape index (κ2) is 9.50. The number of rotatable bonds is 10. The average Bonchev–Trinajstić information content (AvgIpc) is 2.41. The van der Waals surface area contributed by atoms with E-state index in [9.17, 15) is 0 Å². The molecule has 0 aromatic heterocycles. The van der Waals surface area contributed by atoms with E-state index in [4.69, 9.17) is 16.2 Å². The number of hydrogen-bond donors (Lipinski definition) is 3. The highest BCUT2D eigenvalue weighted by Gasteiger charge is 2.01. The molecule has 0 aliphatic rings. The lowest BCUT2D eigenvalue weighted by molar-refractivity contribution is 0.309. The van der Waals surface area contributed by atoms with E-state index in [2.05, 4.69) is 12.2 Å². The molecule has 19 heavy (non-hydrogen) atoms. The van der Waals surface area contributed by atoms with E-state index in [0.29, 0.717) is 0 Å². The molecule has 0 amide bonds. The fraction of sp³-hybridized carbons (Fsp3) is 0.600. The first-order valence-corrected chi connectivity index (χ1v) is 7.24. The second-order valence-electron chi connectivity index (χ2n) is 4.73. The Balaban J connectivity index is 2.34. The number of unbranched alkanes of at least 4 members (excludes halogenated alkanes) is 3. The summed E-state index contributed by atoms with van der Waals surface area (Å²) >= 11 is 0. The molecule has 0 saturated carbocycles. The van der Waals surface area contributed by atoms with Crippen molar-refractivity contribution in [1.29, 1.82) is 0 Å². The summed E-state index contributed by atoms with van der Waals surface area (Å²) in [6, 6.07) is 5.84. The van der Waals surface area contributed by atoms with Gasteiger partial charge in [0.25, 0.3) is 0 Å². The monoisotopic (exact) mass is 265 g/mol. The van der Waals surface area contributed by atoms with Crippen molar-refractivity contribution in [2.24, 2.45) is 5.73 Å². The maximum atomic E-state index is 6.00. The fourth-order valence-corrected chi connectivity index (χ4v) is 1.80. The molecule has 5 N–H and O–H groups in total. The smallest absolute Gasteiger partial charge is 0.121 e. The third-order valence-electron chi connectivity index (χ3n) is 2.99. The summed E-state index contributed by atoms with van der Waals surface area (Å²) in [5, 5.41) is 3.34. The summed E-state index contributed by atoms with van der Waals surface area (Å²) in [4.78, 5) is 0. The molecule has 0 saturated heterocycles. The normalized spacial score (nSPS) is 10.4. The number of nitrogen functional groups attached to an aromatic ring is 1. The molecule has 0 unspecified atom stereocenters. The van der Waals surface area contributed by atoms with E-state index in [1.807, 2.05) is 18.2 Å². The number of benzene rings is 1. The lowest BCUT2D eigenvalue weighted by atomic mass is 10.2. The third-order valence-corrected chi connectivity index (χ3v) is 2.99. The predicted molar refractivity (Wildman–Crippen MR) is 82.7 cm³/mol. The highest BCUT2D eigenvalue weighted by atomic mass is 16.5. The molecule has 4 nitrogen and oxygen atoms in total. The zero-order valence-electron chi connectivity index (χ0n) is 12.0. The Labute approximate surface area is 116 Å². The van der Waals surface area contributed by atoms with Crippen LogP contribution in [0.2, 0.25) is 0 Å². The van der Waals surface area contributed by atoms with Crippen LogP contribution in [0.4, 0.5) is 11.4 Å². The Bertz CT molecular complexity index is 355. The summed E-state index contributed by atoms with van der Waals surface area (Å²) in [5.41, 5.74) is 13.2. The van der Waals surface area contributed by atoms with Crippen molar-refractivity contribution in [1.82, 2.24) is 0 Å². The molecule has 0 bridgehead atoms. The number of nitrogens with one attached hydrogen (secondary N) is 1. The van der Waals surface area contributed by atoms with Crippen molar-refractivity contribution in [3.63, 3.8) is 0 Å². The summed E-state index contributed by atoms with van der Waals surface area (Å²) < 4.78 is 5.62. The maximum Gasteiger partial charge on any atom is 0.121 e. The van der Waals surface area contributed by atoms with E-state index in [-0.39, 0.29) is 0 Å². The van der Waals surface area contributed by atoms with Gasteiger partial charge in [-0.15, -0.1) is 0 Å². The van der Waals surface area contributed by atoms with Crippen molar-refractivity contribution in [3.8, 4) is 5.75 Å². The first-order chi connectivity index (χ1) is 9.27. The van der Waals surface area contributed by atoms with Gasteiger partial charge in [0.2, 0.25) is 0 Å². The standard InChI is InChI=1S/C15H27N3O/c1-2-3-11-19-13-7-8-15(14(17)12-13)18-10-6-4-5-9-16/h7-8,12,18H,2-6,9-11,16-17H2,1H3. The topological polar surface area (TPSA) is 73.3 Å². The number of ether oxygens (including phenoxy) is 1. The van der Waals surface area contributed by atoms with Gasteiger partial charge >= 0.3 is 0 Å². The van der Waals surface area contributed by atoms with E-state index in [1.54, 1.807) is 0 Å². The molecule has 1 rings (SSSR count). The van der Waals surface area contributed by atoms with Crippen LogP contribution in [-0.4, -0.2) is 19.7 Å². The van der Waals surface area contributed by atoms with Crippen LogP contribution in [-0.2, 0) is 0 Å². The molecular formula is C15H27N3O. The van der Waals surface area contributed by atoms with Gasteiger partial charge in [0.05, 0.1) is 18.0 Å². The Kier molecular flexibility index (Phi) is 7.82. The third kappa shape index (κ3) is 6.34. The van der Waals surface area contributed by atoms with Crippen LogP contribution < -0.4 is 21.5 Å². The Morgan fingerprint density at radius 3 is 2.68 bits per heavy atom. The first-order valence-electron chi connectivity index (χ1n) is 7.24. The number of nitrogens with two attached hydrogens (primary N) is 2. The Morgan fingerprint density at radius 2 is 2.00 bits per heavy atom. The average molecular weight is 265 g/mol. The van der Waals surface area contributed by atoms with Crippen LogP contribution in [0.1, 0.15) is 39.0 Å². The quantitative estimate of drug-likeness (QED) is 0.449. The molecule has 0 heterocycles. The van der Waals surface area contributed by atoms with Gasteiger partial charge in [-0.1, -0.05) is 19.8 Å². The largest absolute Gasteiger partial charge is 0.494 e. The molecule has 0 aliphatic carbocycles. The van der Waals surface area contributed by atoms with Crippen LogP contribution in [0, 0.1) is 0 Å². The van der Waals surface area contributed by atoms with Crippen LogP contribution in [0.3, 0.4) is 0 Å². The molecule has 0 fully saturated rings. The summed E-state index contributed by atoms with van der Waals surface area (Å²) in [5.74, 6) is 0.847. The van der Waals surface area contributed by atoms with E-state index >= 15 is 0 Å². The maximum absolute atomic E-state index is 6.00. The van der Waals surface area contributed by atoms with E-state index in [1.165, 1.54) is 0 Å². The molecule has 4 heteroatoms. The van der Waals surface area contributed by atoms with Gasteiger partial charge in [-0.3, -0.25) is 0 Å². The van der Waals surface area contributed by atoms with Gasteiger partial charge in [0.1, 0.15) is 5.75 Å². The second-order valence-corrected chi connectivity index (χ2v) is 4.73. The zero-order valence-corrected chi connectivity index (χ0v) is 12.0. The molecule has 0 spiro atoms. The lowest BCUT2D eigenvalue weighted by Crippen LogP contribution is -2.06. The molecule has 108 valence electrons. The predicted octanol–water partition coefficient (Wildman–Crippen LogP) is 2.99. The fourth-order valence-electron chi connectivity index (χ4n) is 1.80. The Morgan fingerprint density at radius 1 is 1.16 bits per heavy atom. The van der Waals surface area contributed by atoms with Gasteiger partial charge in [-0.2, -0.15) is 0 Å². The minimum atomic E-state index is 0.743. The molecule has 1 aromatic carbocycles. The molecule has 0 atom stereocenters. The van der Waals surface area contributed by atoms with Gasteiger partial charge in [-0.25, -0.2) is 0 Å². The summed E-state index contributed by atoms with van der Waals surface area (Å²) in [7, 11) is 0. The van der Waals surface area contributed by atoms with Gasteiger partial charge in [0.15, 0.2) is 0 Å². The molecule has 0 radical (unpaired) electrons. The lowest BCUT2D eigenvalue weighted by Gasteiger charge is -2.11. The van der Waals surface area contributed by atoms with Crippen LogP contribution in [0.5, 0.6) is 5.75 Å². The molecule has 0 aliphatic heterocycles. The van der Waals surface area contributed by atoms with Crippen molar-refractivity contribution in [3.05, 3.63) is 18.2 Å². The summed E-state index contributed by atoms with van der Waals surface area (Å²) in [6.07, 6.45) is 5.56. The van der Waals surface area contributed by atoms with E-state index < -0.39 is 0 Å². The number of hydrogen-bond acceptors (Lipinski definition) is 4. The molecular weight excluding hydrogens is 238 g/mol. The minimum Gasteiger partial charge on any atom is -0.494 e. The first kappa shape index (κ1) is 15.6. The SMILES string of the molecule is CCCCOc1ccc(NCCCCCN)c(N)c1. The van der Waals surface area contributed by atoms with Crippen molar-refractivity contribution < 1.29 is 4.74 Å². The van der Waals surface area contributed by atoms with Crippen LogP contribution in [0.25, 0.3) is 0 Å². The molecule has 1 aromatic rings. The zero-order chi connectivity index (χ0) is 13.9. The van der Waals surface area contributed by atoms with Crippen molar-refractivity contribution >= 4 is 11.4 Å². The summed E-state index contributed by atoms with van der Waals surface area (Å²) in [6.45, 7) is 4.60.